The Morgan fingerprint density at radius 1 is 0.958 bits per heavy atom. The molecule has 0 aromatic heterocycles. The van der Waals surface area contributed by atoms with Crippen LogP contribution in [0, 0.1) is 0 Å². The zero-order chi connectivity index (χ0) is 16.8. The molecule has 2 aromatic rings. The van der Waals surface area contributed by atoms with E-state index in [9.17, 15) is 9.59 Å². The summed E-state index contributed by atoms with van der Waals surface area (Å²) in [5.74, 6) is -1.34. The first-order valence-corrected chi connectivity index (χ1v) is 8.36. The van der Waals surface area contributed by atoms with Crippen molar-refractivity contribution >= 4 is 28.8 Å². The molecule has 0 atom stereocenters. The topological polar surface area (TPSA) is 70.6 Å². The number of benzene rings is 2. The summed E-state index contributed by atoms with van der Waals surface area (Å²) in [4.78, 5) is 23.7. The molecule has 0 heterocycles. The number of rotatable bonds is 3. The van der Waals surface area contributed by atoms with Crippen LogP contribution < -0.4 is 10.7 Å². The Kier molecular flexibility index (Phi) is 5.21. The Morgan fingerprint density at radius 3 is 2.54 bits per heavy atom. The van der Waals surface area contributed by atoms with E-state index in [-0.39, 0.29) is 6.04 Å². The molecule has 5 nitrogen and oxygen atoms in total. The number of amides is 2. The van der Waals surface area contributed by atoms with Crippen LogP contribution in [0.3, 0.4) is 0 Å². The number of carbonyl (C=O) groups is 2. The molecule has 1 aliphatic carbocycles. The standard InChI is InChI=1S/C19H21N3O2/c23-18(21-16-10-2-1-3-11-16)19(24)22-20-13-15-9-6-8-14-7-4-5-12-17(14)15/h4-9,12-13,16H,1-3,10-11H2,(H,21,23)(H,22,24)/b20-13+. The molecule has 3 rings (SSSR count). The van der Waals surface area contributed by atoms with E-state index in [1.165, 1.54) is 6.42 Å². The van der Waals surface area contributed by atoms with E-state index in [1.54, 1.807) is 6.21 Å². The fourth-order valence-electron chi connectivity index (χ4n) is 3.07. The van der Waals surface area contributed by atoms with Crippen molar-refractivity contribution in [3.63, 3.8) is 0 Å². The number of hydrogen-bond donors (Lipinski definition) is 2. The summed E-state index contributed by atoms with van der Waals surface area (Å²) >= 11 is 0. The van der Waals surface area contributed by atoms with Gasteiger partial charge in [0, 0.05) is 11.6 Å². The summed E-state index contributed by atoms with van der Waals surface area (Å²) in [6.07, 6.45) is 6.86. The van der Waals surface area contributed by atoms with E-state index in [4.69, 9.17) is 0 Å². The van der Waals surface area contributed by atoms with Crippen molar-refractivity contribution in [1.82, 2.24) is 10.7 Å². The second-order valence-electron chi connectivity index (χ2n) is 6.08. The fourth-order valence-corrected chi connectivity index (χ4v) is 3.07. The van der Waals surface area contributed by atoms with Crippen molar-refractivity contribution in [3.8, 4) is 0 Å². The number of nitrogens with one attached hydrogen (secondary N) is 2. The predicted octanol–water partition coefficient (Wildman–Crippen LogP) is 2.74. The molecule has 124 valence electrons. The molecule has 1 saturated carbocycles. The number of nitrogens with zero attached hydrogens (tertiary/aromatic N) is 1. The fraction of sp³-hybridized carbons (Fsp3) is 0.316. The second-order valence-corrected chi connectivity index (χ2v) is 6.08. The van der Waals surface area contributed by atoms with Crippen LogP contribution in [0.25, 0.3) is 10.8 Å². The molecule has 1 aliphatic rings. The molecular formula is C19H21N3O2. The van der Waals surface area contributed by atoms with E-state index in [0.717, 1.165) is 42.0 Å². The summed E-state index contributed by atoms with van der Waals surface area (Å²) in [6.45, 7) is 0. The summed E-state index contributed by atoms with van der Waals surface area (Å²) < 4.78 is 0. The molecule has 2 aromatic carbocycles. The van der Waals surface area contributed by atoms with Crippen LogP contribution in [0.5, 0.6) is 0 Å². The van der Waals surface area contributed by atoms with Crippen molar-refractivity contribution in [1.29, 1.82) is 0 Å². The lowest BCUT2D eigenvalue weighted by Crippen LogP contribution is -2.44. The molecule has 0 aliphatic heterocycles. The second kappa shape index (κ2) is 7.73. The number of carbonyl (C=O) groups excluding carboxylic acids is 2. The van der Waals surface area contributed by atoms with Crippen LogP contribution in [0.2, 0.25) is 0 Å². The Balaban J connectivity index is 1.58. The molecule has 0 saturated heterocycles. The largest absolute Gasteiger partial charge is 0.345 e. The van der Waals surface area contributed by atoms with Crippen molar-refractivity contribution in [2.24, 2.45) is 5.10 Å². The third-order valence-corrected chi connectivity index (χ3v) is 4.34. The number of fused-ring (bicyclic) bond motifs is 1. The maximum atomic E-state index is 11.9. The highest BCUT2D eigenvalue weighted by Crippen LogP contribution is 2.17. The van der Waals surface area contributed by atoms with Crippen LogP contribution in [-0.2, 0) is 9.59 Å². The number of hydrazone groups is 1. The first-order valence-electron chi connectivity index (χ1n) is 8.36. The van der Waals surface area contributed by atoms with Gasteiger partial charge in [-0.15, -0.1) is 0 Å². The van der Waals surface area contributed by atoms with Crippen LogP contribution >= 0.6 is 0 Å². The highest BCUT2D eigenvalue weighted by molar-refractivity contribution is 6.35. The highest BCUT2D eigenvalue weighted by atomic mass is 16.2. The van der Waals surface area contributed by atoms with Gasteiger partial charge in [-0.2, -0.15) is 5.10 Å². The van der Waals surface area contributed by atoms with E-state index in [0.29, 0.717) is 0 Å². The van der Waals surface area contributed by atoms with Gasteiger partial charge in [0.25, 0.3) is 0 Å². The van der Waals surface area contributed by atoms with Gasteiger partial charge < -0.3 is 5.32 Å². The van der Waals surface area contributed by atoms with Crippen LogP contribution in [0.1, 0.15) is 37.7 Å². The van der Waals surface area contributed by atoms with Gasteiger partial charge in [-0.3, -0.25) is 9.59 Å². The summed E-state index contributed by atoms with van der Waals surface area (Å²) in [7, 11) is 0. The van der Waals surface area contributed by atoms with E-state index >= 15 is 0 Å². The lowest BCUT2D eigenvalue weighted by Gasteiger charge is -2.22. The number of hydrogen-bond acceptors (Lipinski definition) is 3. The minimum atomic E-state index is -0.725. The summed E-state index contributed by atoms with van der Waals surface area (Å²) in [5.41, 5.74) is 3.19. The summed E-state index contributed by atoms with van der Waals surface area (Å²) in [5, 5.41) is 8.84. The molecular weight excluding hydrogens is 302 g/mol. The third kappa shape index (κ3) is 3.98. The Labute approximate surface area is 141 Å². The normalized spacial score (nSPS) is 15.5. The van der Waals surface area contributed by atoms with E-state index in [2.05, 4.69) is 15.8 Å². The molecule has 0 bridgehead atoms. The first kappa shape index (κ1) is 16.2. The van der Waals surface area contributed by atoms with Crippen molar-refractivity contribution in [3.05, 3.63) is 48.0 Å². The lowest BCUT2D eigenvalue weighted by atomic mass is 9.95. The molecule has 0 spiro atoms. The quantitative estimate of drug-likeness (QED) is 0.518. The average molecular weight is 323 g/mol. The predicted molar refractivity (Wildman–Crippen MR) is 94.7 cm³/mol. The Hall–Kier alpha value is -2.69. The van der Waals surface area contributed by atoms with Crippen molar-refractivity contribution in [2.75, 3.05) is 0 Å². The average Bonchev–Trinajstić information content (AvgIpc) is 2.62. The zero-order valence-electron chi connectivity index (χ0n) is 13.5. The SMILES string of the molecule is O=C(N/N=C/c1cccc2ccccc12)C(=O)NC1CCCCC1. The third-order valence-electron chi connectivity index (χ3n) is 4.34. The van der Waals surface area contributed by atoms with Crippen LogP contribution in [0.4, 0.5) is 0 Å². The van der Waals surface area contributed by atoms with Gasteiger partial charge in [0.2, 0.25) is 0 Å². The van der Waals surface area contributed by atoms with Gasteiger partial charge in [0.15, 0.2) is 0 Å². The minimum absolute atomic E-state index is 0.110. The molecule has 5 heteroatoms. The van der Waals surface area contributed by atoms with Gasteiger partial charge in [0.05, 0.1) is 6.21 Å². The molecule has 0 unspecified atom stereocenters. The molecule has 24 heavy (non-hydrogen) atoms. The van der Waals surface area contributed by atoms with E-state index in [1.807, 2.05) is 42.5 Å². The van der Waals surface area contributed by atoms with E-state index < -0.39 is 11.8 Å². The van der Waals surface area contributed by atoms with Gasteiger partial charge >= 0.3 is 11.8 Å². The molecule has 0 radical (unpaired) electrons. The van der Waals surface area contributed by atoms with Gasteiger partial charge in [-0.25, -0.2) is 5.43 Å². The maximum absolute atomic E-state index is 11.9. The van der Waals surface area contributed by atoms with Crippen LogP contribution in [0.15, 0.2) is 47.6 Å². The highest BCUT2D eigenvalue weighted by Gasteiger charge is 2.19. The molecule has 2 amide bonds. The maximum Gasteiger partial charge on any atom is 0.329 e. The Morgan fingerprint density at radius 2 is 1.71 bits per heavy atom. The summed E-state index contributed by atoms with van der Waals surface area (Å²) in [6, 6.07) is 13.9. The molecule has 2 N–H and O–H groups in total. The van der Waals surface area contributed by atoms with Gasteiger partial charge in [-0.05, 0) is 23.6 Å². The van der Waals surface area contributed by atoms with Crippen LogP contribution in [-0.4, -0.2) is 24.1 Å². The minimum Gasteiger partial charge on any atom is -0.345 e. The Bertz CT molecular complexity index is 759. The van der Waals surface area contributed by atoms with Crippen molar-refractivity contribution < 1.29 is 9.59 Å². The smallest absolute Gasteiger partial charge is 0.329 e. The zero-order valence-corrected chi connectivity index (χ0v) is 13.5. The van der Waals surface area contributed by atoms with Gasteiger partial charge in [0.1, 0.15) is 0 Å². The van der Waals surface area contributed by atoms with Gasteiger partial charge in [-0.1, -0.05) is 61.7 Å². The first-order chi connectivity index (χ1) is 11.7. The lowest BCUT2D eigenvalue weighted by molar-refractivity contribution is -0.139. The monoisotopic (exact) mass is 323 g/mol. The van der Waals surface area contributed by atoms with Crippen molar-refractivity contribution in [2.45, 2.75) is 38.1 Å². The molecule has 1 fully saturated rings.